The normalized spacial score (nSPS) is 16.8. The summed E-state index contributed by atoms with van der Waals surface area (Å²) in [4.78, 5) is 24.5. The van der Waals surface area contributed by atoms with Crippen LogP contribution in [0.15, 0.2) is 47.6 Å². The van der Waals surface area contributed by atoms with Gasteiger partial charge in [0, 0.05) is 24.9 Å². The van der Waals surface area contributed by atoms with Gasteiger partial charge in [0.25, 0.3) is 0 Å². The van der Waals surface area contributed by atoms with Crippen LogP contribution in [-0.2, 0) is 9.53 Å². The van der Waals surface area contributed by atoms with E-state index in [0.717, 1.165) is 46.9 Å². The number of hydrogen-bond acceptors (Lipinski definition) is 5. The maximum Gasteiger partial charge on any atom is 0.230 e. The first kappa shape index (κ1) is 17.1. The largest absolute Gasteiger partial charge is 0.376 e. The molecule has 1 atom stereocenters. The van der Waals surface area contributed by atoms with Gasteiger partial charge in [-0.05, 0) is 37.1 Å². The molecule has 0 bridgehead atoms. The number of aromatic nitrogens is 3. The SMILES string of the molecule is O=C(CSc1ncccc1-c1nc2ccccc2[nH]1)NC[C@@H]1CCCO1. The number of fused-ring (bicyclic) bond motifs is 1. The zero-order chi connectivity index (χ0) is 17.8. The topological polar surface area (TPSA) is 79.9 Å². The minimum Gasteiger partial charge on any atom is -0.376 e. The molecule has 3 aromatic rings. The number of benzene rings is 1. The minimum absolute atomic E-state index is 0.00768. The molecule has 1 fully saturated rings. The number of aromatic amines is 1. The molecule has 2 aromatic heterocycles. The summed E-state index contributed by atoms with van der Waals surface area (Å²) in [6.45, 7) is 1.38. The molecule has 0 saturated carbocycles. The Morgan fingerprint density at radius 3 is 3.08 bits per heavy atom. The quantitative estimate of drug-likeness (QED) is 0.654. The van der Waals surface area contributed by atoms with Crippen molar-refractivity contribution in [3.8, 4) is 11.4 Å². The van der Waals surface area contributed by atoms with Crippen LogP contribution in [-0.4, -0.2) is 45.9 Å². The van der Waals surface area contributed by atoms with E-state index >= 15 is 0 Å². The van der Waals surface area contributed by atoms with E-state index in [9.17, 15) is 4.79 Å². The molecular formula is C19H20N4O2S. The molecule has 134 valence electrons. The molecule has 1 amide bonds. The van der Waals surface area contributed by atoms with E-state index in [1.807, 2.05) is 36.4 Å². The fraction of sp³-hybridized carbons (Fsp3) is 0.316. The predicted octanol–water partition coefficient (Wildman–Crippen LogP) is 3.01. The van der Waals surface area contributed by atoms with Crippen LogP contribution in [0.3, 0.4) is 0 Å². The molecule has 3 heterocycles. The summed E-state index contributed by atoms with van der Waals surface area (Å²) in [6, 6.07) is 11.7. The van der Waals surface area contributed by atoms with Crippen molar-refractivity contribution in [1.29, 1.82) is 0 Å². The van der Waals surface area contributed by atoms with Crippen LogP contribution >= 0.6 is 11.8 Å². The van der Waals surface area contributed by atoms with E-state index in [4.69, 9.17) is 4.74 Å². The molecule has 0 aliphatic carbocycles. The molecule has 0 spiro atoms. The number of thioether (sulfide) groups is 1. The number of amides is 1. The highest BCUT2D eigenvalue weighted by Crippen LogP contribution is 2.29. The van der Waals surface area contributed by atoms with Crippen LogP contribution in [0.25, 0.3) is 22.4 Å². The second-order valence-corrected chi connectivity index (χ2v) is 7.15. The number of ether oxygens (including phenoxy) is 1. The lowest BCUT2D eigenvalue weighted by Crippen LogP contribution is -2.32. The van der Waals surface area contributed by atoms with Gasteiger partial charge in [0.1, 0.15) is 10.9 Å². The van der Waals surface area contributed by atoms with Crippen molar-refractivity contribution in [1.82, 2.24) is 20.3 Å². The number of imidazole rings is 1. The first-order valence-corrected chi connectivity index (χ1v) is 9.69. The molecular weight excluding hydrogens is 348 g/mol. The van der Waals surface area contributed by atoms with Crippen LogP contribution in [0.2, 0.25) is 0 Å². The van der Waals surface area contributed by atoms with E-state index in [0.29, 0.717) is 12.3 Å². The fourth-order valence-corrected chi connectivity index (χ4v) is 3.81. The van der Waals surface area contributed by atoms with Gasteiger partial charge in [-0.2, -0.15) is 0 Å². The van der Waals surface area contributed by atoms with Crippen molar-refractivity contribution >= 4 is 28.7 Å². The Labute approximate surface area is 155 Å². The van der Waals surface area contributed by atoms with Crippen molar-refractivity contribution in [3.63, 3.8) is 0 Å². The number of nitrogens with one attached hydrogen (secondary N) is 2. The standard InChI is InChI=1S/C19H20N4O2S/c24-17(21-11-13-5-4-10-25-13)12-26-19-14(6-3-9-20-19)18-22-15-7-1-2-8-16(15)23-18/h1-3,6-9,13H,4-5,10-12H2,(H,21,24)(H,22,23)/t13-/m0/s1. The Hall–Kier alpha value is -2.38. The summed E-state index contributed by atoms with van der Waals surface area (Å²) >= 11 is 1.42. The number of pyridine rings is 1. The van der Waals surface area contributed by atoms with Gasteiger partial charge in [0.2, 0.25) is 5.91 Å². The average molecular weight is 368 g/mol. The number of rotatable bonds is 6. The predicted molar refractivity (Wildman–Crippen MR) is 102 cm³/mol. The number of para-hydroxylation sites is 2. The number of carbonyl (C=O) groups excluding carboxylic acids is 1. The fourth-order valence-electron chi connectivity index (χ4n) is 2.98. The second-order valence-electron chi connectivity index (χ2n) is 6.19. The number of H-pyrrole nitrogens is 1. The van der Waals surface area contributed by atoms with Crippen LogP contribution in [0, 0.1) is 0 Å². The monoisotopic (exact) mass is 368 g/mol. The summed E-state index contributed by atoms with van der Waals surface area (Å²) in [5, 5.41) is 3.73. The molecule has 1 saturated heterocycles. The lowest BCUT2D eigenvalue weighted by Gasteiger charge is -2.11. The van der Waals surface area contributed by atoms with Gasteiger partial charge >= 0.3 is 0 Å². The van der Waals surface area contributed by atoms with Crippen LogP contribution in [0.5, 0.6) is 0 Å². The van der Waals surface area contributed by atoms with Gasteiger partial charge in [0.05, 0.1) is 22.9 Å². The van der Waals surface area contributed by atoms with Gasteiger partial charge in [-0.1, -0.05) is 23.9 Å². The Kier molecular flexibility index (Phi) is 5.17. The lowest BCUT2D eigenvalue weighted by molar-refractivity contribution is -0.119. The van der Waals surface area contributed by atoms with Crippen LogP contribution in [0.1, 0.15) is 12.8 Å². The second kappa shape index (κ2) is 7.88. The van der Waals surface area contributed by atoms with E-state index < -0.39 is 0 Å². The third-order valence-electron chi connectivity index (χ3n) is 4.31. The smallest absolute Gasteiger partial charge is 0.230 e. The number of hydrogen-bond donors (Lipinski definition) is 2. The third kappa shape index (κ3) is 3.89. The average Bonchev–Trinajstić information content (AvgIpc) is 3.34. The molecule has 1 aliphatic heterocycles. The molecule has 4 rings (SSSR count). The molecule has 7 heteroatoms. The van der Waals surface area contributed by atoms with Crippen LogP contribution in [0.4, 0.5) is 0 Å². The van der Waals surface area contributed by atoms with Crippen molar-refractivity contribution in [2.75, 3.05) is 18.9 Å². The highest BCUT2D eigenvalue weighted by molar-refractivity contribution is 8.00. The minimum atomic E-state index is -0.00768. The summed E-state index contributed by atoms with van der Waals surface area (Å²) in [5.41, 5.74) is 2.80. The van der Waals surface area contributed by atoms with Crippen molar-refractivity contribution in [2.24, 2.45) is 0 Å². The summed E-state index contributed by atoms with van der Waals surface area (Å²) in [7, 11) is 0. The van der Waals surface area contributed by atoms with Gasteiger partial charge in [-0.25, -0.2) is 9.97 Å². The van der Waals surface area contributed by atoms with E-state index in [1.54, 1.807) is 6.20 Å². The Morgan fingerprint density at radius 2 is 2.23 bits per heavy atom. The molecule has 26 heavy (non-hydrogen) atoms. The zero-order valence-electron chi connectivity index (χ0n) is 14.3. The van der Waals surface area contributed by atoms with Crippen molar-refractivity contribution < 1.29 is 9.53 Å². The molecule has 0 unspecified atom stereocenters. The van der Waals surface area contributed by atoms with Gasteiger partial charge in [-0.15, -0.1) is 0 Å². The molecule has 6 nitrogen and oxygen atoms in total. The van der Waals surface area contributed by atoms with E-state index in [2.05, 4.69) is 20.3 Å². The Morgan fingerprint density at radius 1 is 1.31 bits per heavy atom. The molecule has 1 aromatic carbocycles. The highest BCUT2D eigenvalue weighted by atomic mass is 32.2. The molecule has 0 radical (unpaired) electrons. The first-order chi connectivity index (χ1) is 12.8. The van der Waals surface area contributed by atoms with E-state index in [-0.39, 0.29) is 12.0 Å². The maximum atomic E-state index is 12.1. The summed E-state index contributed by atoms with van der Waals surface area (Å²) in [6.07, 6.45) is 3.98. The van der Waals surface area contributed by atoms with Crippen LogP contribution < -0.4 is 5.32 Å². The zero-order valence-corrected chi connectivity index (χ0v) is 15.1. The van der Waals surface area contributed by atoms with Gasteiger partial charge < -0.3 is 15.0 Å². The molecule has 1 aliphatic rings. The molecule has 2 N–H and O–H groups in total. The number of nitrogens with zero attached hydrogens (tertiary/aromatic N) is 2. The Bertz CT molecular complexity index is 872. The highest BCUT2D eigenvalue weighted by Gasteiger charge is 2.17. The van der Waals surface area contributed by atoms with Gasteiger partial charge in [0.15, 0.2) is 0 Å². The lowest BCUT2D eigenvalue weighted by atomic mass is 10.2. The van der Waals surface area contributed by atoms with Crippen molar-refractivity contribution in [3.05, 3.63) is 42.6 Å². The third-order valence-corrected chi connectivity index (χ3v) is 5.31. The number of carbonyl (C=O) groups is 1. The van der Waals surface area contributed by atoms with E-state index in [1.165, 1.54) is 11.8 Å². The summed E-state index contributed by atoms with van der Waals surface area (Å²) in [5.74, 6) is 1.07. The summed E-state index contributed by atoms with van der Waals surface area (Å²) < 4.78 is 5.53. The Balaban J connectivity index is 1.43. The van der Waals surface area contributed by atoms with Gasteiger partial charge in [-0.3, -0.25) is 4.79 Å². The first-order valence-electron chi connectivity index (χ1n) is 8.71. The maximum absolute atomic E-state index is 12.1. The van der Waals surface area contributed by atoms with Crippen molar-refractivity contribution in [2.45, 2.75) is 24.0 Å².